The number of hydrogen-bond acceptors (Lipinski definition) is 2. The number of hydrogen-bond donors (Lipinski definition) is 1. The summed E-state index contributed by atoms with van der Waals surface area (Å²) in [5.41, 5.74) is 4.52. The molecule has 0 aliphatic heterocycles. The van der Waals surface area contributed by atoms with Crippen LogP contribution in [0.3, 0.4) is 0 Å². The number of aryl methyl sites for hydroxylation is 3. The molecule has 0 saturated carbocycles. The Morgan fingerprint density at radius 2 is 1.67 bits per heavy atom. The maximum absolute atomic E-state index is 12.4. The third kappa shape index (κ3) is 4.23. The van der Waals surface area contributed by atoms with Crippen molar-refractivity contribution < 1.29 is 9.59 Å². The highest BCUT2D eigenvalue weighted by Crippen LogP contribution is 2.25. The van der Waals surface area contributed by atoms with Crippen molar-refractivity contribution in [3.8, 4) is 0 Å². The predicted molar refractivity (Wildman–Crippen MR) is 101 cm³/mol. The van der Waals surface area contributed by atoms with Crippen LogP contribution < -0.4 is 10.2 Å². The summed E-state index contributed by atoms with van der Waals surface area (Å²) >= 11 is 3.45. The van der Waals surface area contributed by atoms with Crippen molar-refractivity contribution in [3.05, 3.63) is 57.6 Å². The Bertz CT molecular complexity index is 767. The van der Waals surface area contributed by atoms with E-state index in [-0.39, 0.29) is 18.4 Å². The molecule has 1 N–H and O–H groups in total. The second kappa shape index (κ2) is 7.62. The average Bonchev–Trinajstić information content (AvgIpc) is 2.49. The van der Waals surface area contributed by atoms with E-state index < -0.39 is 0 Å². The molecule has 0 saturated heterocycles. The molecule has 2 rings (SSSR count). The van der Waals surface area contributed by atoms with Crippen LogP contribution >= 0.6 is 15.9 Å². The molecule has 24 heavy (non-hydrogen) atoms. The molecule has 126 valence electrons. The fourth-order valence-corrected chi connectivity index (χ4v) is 2.97. The van der Waals surface area contributed by atoms with Gasteiger partial charge in [-0.05, 0) is 49.6 Å². The molecule has 0 atom stereocenters. The normalized spacial score (nSPS) is 10.4. The van der Waals surface area contributed by atoms with Gasteiger partial charge in [-0.3, -0.25) is 9.59 Å². The Kier molecular flexibility index (Phi) is 5.78. The monoisotopic (exact) mass is 388 g/mol. The topological polar surface area (TPSA) is 49.4 Å². The molecule has 4 nitrogen and oxygen atoms in total. The summed E-state index contributed by atoms with van der Waals surface area (Å²) in [6.07, 6.45) is 0. The summed E-state index contributed by atoms with van der Waals surface area (Å²) in [6.45, 7) is 7.31. The van der Waals surface area contributed by atoms with Crippen LogP contribution in [0.2, 0.25) is 0 Å². The standard InChI is InChI=1S/C19H21BrN2O2/c1-12-8-9-16(10-17(12)20)21-18(24)11-22(15(4)23)19-13(2)6-5-7-14(19)3/h5-10H,11H2,1-4H3,(H,21,24). The lowest BCUT2D eigenvalue weighted by atomic mass is 10.1. The van der Waals surface area contributed by atoms with E-state index in [0.29, 0.717) is 5.69 Å². The SMILES string of the molecule is CC(=O)N(CC(=O)Nc1ccc(C)c(Br)c1)c1c(C)cccc1C. The summed E-state index contributed by atoms with van der Waals surface area (Å²) in [4.78, 5) is 26.0. The van der Waals surface area contributed by atoms with Crippen molar-refractivity contribution in [1.29, 1.82) is 0 Å². The van der Waals surface area contributed by atoms with Gasteiger partial charge in [0.25, 0.3) is 0 Å². The third-order valence-electron chi connectivity index (χ3n) is 3.85. The van der Waals surface area contributed by atoms with Crippen molar-refractivity contribution in [2.45, 2.75) is 27.7 Å². The molecular formula is C19H21BrN2O2. The minimum atomic E-state index is -0.233. The zero-order valence-electron chi connectivity index (χ0n) is 14.3. The van der Waals surface area contributed by atoms with E-state index in [1.165, 1.54) is 11.8 Å². The molecule has 0 fully saturated rings. The number of rotatable bonds is 4. The van der Waals surface area contributed by atoms with Gasteiger partial charge in [0, 0.05) is 17.1 Å². The fraction of sp³-hybridized carbons (Fsp3) is 0.263. The van der Waals surface area contributed by atoms with Gasteiger partial charge in [0.1, 0.15) is 6.54 Å². The molecule has 0 bridgehead atoms. The van der Waals surface area contributed by atoms with Gasteiger partial charge in [0.2, 0.25) is 11.8 Å². The van der Waals surface area contributed by atoms with Gasteiger partial charge in [-0.25, -0.2) is 0 Å². The van der Waals surface area contributed by atoms with Crippen LogP contribution in [0.1, 0.15) is 23.6 Å². The second-order valence-corrected chi connectivity index (χ2v) is 6.71. The Labute approximate surface area is 151 Å². The quantitative estimate of drug-likeness (QED) is 0.845. The van der Waals surface area contributed by atoms with Gasteiger partial charge < -0.3 is 10.2 Å². The van der Waals surface area contributed by atoms with Crippen LogP contribution in [0.15, 0.2) is 40.9 Å². The highest BCUT2D eigenvalue weighted by Gasteiger charge is 2.19. The van der Waals surface area contributed by atoms with E-state index in [1.807, 2.05) is 57.2 Å². The highest BCUT2D eigenvalue weighted by molar-refractivity contribution is 9.10. The number of amides is 2. The van der Waals surface area contributed by atoms with E-state index >= 15 is 0 Å². The molecule has 2 amide bonds. The zero-order chi connectivity index (χ0) is 17.9. The Morgan fingerprint density at radius 3 is 2.21 bits per heavy atom. The summed E-state index contributed by atoms with van der Waals surface area (Å²) in [5, 5.41) is 2.84. The first-order chi connectivity index (χ1) is 11.3. The zero-order valence-corrected chi connectivity index (χ0v) is 15.9. The lowest BCUT2D eigenvalue weighted by molar-refractivity contribution is -0.120. The molecule has 0 radical (unpaired) electrons. The summed E-state index contributed by atoms with van der Waals surface area (Å²) in [5.74, 6) is -0.392. The van der Waals surface area contributed by atoms with Gasteiger partial charge in [-0.2, -0.15) is 0 Å². The lowest BCUT2D eigenvalue weighted by Gasteiger charge is -2.24. The van der Waals surface area contributed by atoms with Crippen LogP contribution in [0.4, 0.5) is 11.4 Å². The van der Waals surface area contributed by atoms with Crippen LogP contribution in [0, 0.1) is 20.8 Å². The summed E-state index contributed by atoms with van der Waals surface area (Å²) in [6, 6.07) is 11.4. The Hall–Kier alpha value is -2.14. The number of nitrogens with one attached hydrogen (secondary N) is 1. The molecule has 2 aromatic rings. The van der Waals surface area contributed by atoms with Crippen LogP contribution in [0.25, 0.3) is 0 Å². The number of benzene rings is 2. The van der Waals surface area contributed by atoms with Crippen molar-refractivity contribution in [2.24, 2.45) is 0 Å². The van der Waals surface area contributed by atoms with E-state index in [0.717, 1.165) is 26.9 Å². The highest BCUT2D eigenvalue weighted by atomic mass is 79.9. The van der Waals surface area contributed by atoms with Crippen molar-refractivity contribution in [2.75, 3.05) is 16.8 Å². The number of para-hydroxylation sites is 1. The van der Waals surface area contributed by atoms with Gasteiger partial charge >= 0.3 is 0 Å². The number of anilines is 2. The molecule has 0 aromatic heterocycles. The van der Waals surface area contributed by atoms with Crippen LogP contribution in [0.5, 0.6) is 0 Å². The largest absolute Gasteiger partial charge is 0.324 e. The van der Waals surface area contributed by atoms with Crippen molar-refractivity contribution >= 4 is 39.1 Å². The summed E-state index contributed by atoms with van der Waals surface area (Å²) in [7, 11) is 0. The molecule has 0 aliphatic rings. The van der Waals surface area contributed by atoms with Gasteiger partial charge in [-0.1, -0.05) is 40.2 Å². The molecule has 0 unspecified atom stereocenters. The number of nitrogens with zero attached hydrogens (tertiary/aromatic N) is 1. The first-order valence-electron chi connectivity index (χ1n) is 7.70. The van der Waals surface area contributed by atoms with Gasteiger partial charge in [0.15, 0.2) is 0 Å². The Morgan fingerprint density at radius 1 is 1.04 bits per heavy atom. The maximum Gasteiger partial charge on any atom is 0.244 e. The van der Waals surface area contributed by atoms with Crippen molar-refractivity contribution in [3.63, 3.8) is 0 Å². The average molecular weight is 389 g/mol. The molecule has 0 spiro atoms. The minimum Gasteiger partial charge on any atom is -0.324 e. The fourth-order valence-electron chi connectivity index (χ4n) is 2.59. The van der Waals surface area contributed by atoms with Gasteiger partial charge in [0.05, 0.1) is 5.69 Å². The number of halogens is 1. The molecule has 5 heteroatoms. The number of carbonyl (C=O) groups is 2. The maximum atomic E-state index is 12.4. The molecule has 0 heterocycles. The molecule has 2 aromatic carbocycles. The van der Waals surface area contributed by atoms with Crippen LogP contribution in [-0.4, -0.2) is 18.4 Å². The molecule has 0 aliphatic carbocycles. The first-order valence-corrected chi connectivity index (χ1v) is 8.49. The van der Waals surface area contributed by atoms with E-state index in [4.69, 9.17) is 0 Å². The predicted octanol–water partition coefficient (Wildman–Crippen LogP) is 4.37. The molecular weight excluding hydrogens is 368 g/mol. The van der Waals surface area contributed by atoms with Crippen molar-refractivity contribution in [1.82, 2.24) is 0 Å². The third-order valence-corrected chi connectivity index (χ3v) is 4.70. The van der Waals surface area contributed by atoms with Crippen LogP contribution in [-0.2, 0) is 9.59 Å². The van der Waals surface area contributed by atoms with Gasteiger partial charge in [-0.15, -0.1) is 0 Å². The second-order valence-electron chi connectivity index (χ2n) is 5.86. The van der Waals surface area contributed by atoms with E-state index in [2.05, 4.69) is 21.2 Å². The van der Waals surface area contributed by atoms with E-state index in [1.54, 1.807) is 0 Å². The smallest absolute Gasteiger partial charge is 0.244 e. The first kappa shape index (κ1) is 18.2. The summed E-state index contributed by atoms with van der Waals surface area (Å²) < 4.78 is 0.929. The number of carbonyl (C=O) groups excluding carboxylic acids is 2. The van der Waals surface area contributed by atoms with E-state index in [9.17, 15) is 9.59 Å². The lowest BCUT2D eigenvalue weighted by Crippen LogP contribution is -2.37. The minimum absolute atomic E-state index is 0.0213. The Balaban J connectivity index is 2.20.